The third-order valence-electron chi connectivity index (χ3n) is 3.23. The molecular weight excluding hydrogens is 210 g/mol. The van der Waals surface area contributed by atoms with Crippen molar-refractivity contribution in [3.63, 3.8) is 0 Å². The van der Waals surface area contributed by atoms with Crippen molar-refractivity contribution in [3.8, 4) is 0 Å². The van der Waals surface area contributed by atoms with Crippen LogP contribution in [-0.4, -0.2) is 11.5 Å². The van der Waals surface area contributed by atoms with Crippen LogP contribution >= 0.6 is 11.6 Å². The van der Waals surface area contributed by atoms with E-state index >= 15 is 0 Å². The number of hydrogen-bond acceptors (Lipinski definition) is 3. The first-order valence-corrected chi connectivity index (χ1v) is 5.69. The van der Waals surface area contributed by atoms with Crippen LogP contribution in [0.1, 0.15) is 26.2 Å². The normalized spacial score (nSPS) is 17.5. The molecule has 0 spiro atoms. The summed E-state index contributed by atoms with van der Waals surface area (Å²) in [6.45, 7) is 3.17. The number of nitrogens with two attached hydrogens (primary N) is 1. The van der Waals surface area contributed by atoms with Gasteiger partial charge in [0.25, 0.3) is 0 Å². The molecule has 1 aromatic rings. The Bertz CT molecular complexity index is 361. The van der Waals surface area contributed by atoms with Gasteiger partial charge < -0.3 is 11.1 Å². The van der Waals surface area contributed by atoms with Gasteiger partial charge in [-0.25, -0.2) is 4.98 Å². The van der Waals surface area contributed by atoms with E-state index in [1.165, 1.54) is 19.3 Å². The van der Waals surface area contributed by atoms with Crippen LogP contribution in [0.5, 0.6) is 0 Å². The van der Waals surface area contributed by atoms with Crippen molar-refractivity contribution in [1.29, 1.82) is 0 Å². The van der Waals surface area contributed by atoms with E-state index in [1.54, 1.807) is 12.1 Å². The molecule has 82 valence electrons. The number of hydrogen-bond donors (Lipinski definition) is 2. The summed E-state index contributed by atoms with van der Waals surface area (Å²) in [6.07, 6.45) is 3.81. The molecule has 0 aliphatic heterocycles. The average molecular weight is 226 g/mol. The molecule has 0 saturated heterocycles. The summed E-state index contributed by atoms with van der Waals surface area (Å²) in [7, 11) is 0. The van der Waals surface area contributed by atoms with E-state index < -0.39 is 0 Å². The molecule has 3 N–H and O–H groups in total. The molecule has 0 bridgehead atoms. The first-order valence-electron chi connectivity index (χ1n) is 5.31. The fourth-order valence-corrected chi connectivity index (χ4v) is 1.84. The van der Waals surface area contributed by atoms with E-state index in [9.17, 15) is 0 Å². The molecule has 0 amide bonds. The quantitative estimate of drug-likeness (QED) is 0.775. The molecule has 1 heterocycles. The Hall–Kier alpha value is -0.960. The highest BCUT2D eigenvalue weighted by molar-refractivity contribution is 6.29. The molecular formula is C11H16ClN3. The van der Waals surface area contributed by atoms with Crippen molar-refractivity contribution in [2.45, 2.75) is 26.2 Å². The average Bonchev–Trinajstić information content (AvgIpc) is 3.00. The summed E-state index contributed by atoms with van der Waals surface area (Å²) in [6, 6.07) is 3.48. The van der Waals surface area contributed by atoms with E-state index in [0.29, 0.717) is 22.1 Å². The topological polar surface area (TPSA) is 50.9 Å². The largest absolute Gasteiger partial charge is 0.396 e. The summed E-state index contributed by atoms with van der Waals surface area (Å²) < 4.78 is 0. The van der Waals surface area contributed by atoms with E-state index in [-0.39, 0.29) is 0 Å². The van der Waals surface area contributed by atoms with Crippen molar-refractivity contribution in [2.75, 3.05) is 17.6 Å². The minimum Gasteiger partial charge on any atom is -0.396 e. The van der Waals surface area contributed by atoms with Gasteiger partial charge in [0.2, 0.25) is 0 Å². The predicted octanol–water partition coefficient (Wildman–Crippen LogP) is 2.92. The van der Waals surface area contributed by atoms with Crippen LogP contribution in [0.2, 0.25) is 5.15 Å². The van der Waals surface area contributed by atoms with Crippen LogP contribution in [0.4, 0.5) is 11.5 Å². The van der Waals surface area contributed by atoms with Crippen LogP contribution in [0, 0.1) is 5.41 Å². The molecule has 15 heavy (non-hydrogen) atoms. The lowest BCUT2D eigenvalue weighted by Crippen LogP contribution is -2.16. The lowest BCUT2D eigenvalue weighted by Gasteiger charge is -2.15. The third kappa shape index (κ3) is 2.34. The van der Waals surface area contributed by atoms with Crippen LogP contribution in [0.25, 0.3) is 0 Å². The summed E-state index contributed by atoms with van der Waals surface area (Å²) in [4.78, 5) is 4.17. The van der Waals surface area contributed by atoms with Crippen molar-refractivity contribution < 1.29 is 0 Å². The molecule has 0 atom stereocenters. The standard InChI is InChI=1S/C11H16ClN3/c1-2-11(5-6-11)7-14-10-8(13)3-4-9(12)15-10/h3-4H,2,5-7,13H2,1H3,(H,14,15). The molecule has 3 nitrogen and oxygen atoms in total. The molecule has 1 aliphatic rings. The third-order valence-corrected chi connectivity index (χ3v) is 3.44. The van der Waals surface area contributed by atoms with Gasteiger partial charge in [0.05, 0.1) is 5.69 Å². The molecule has 1 aliphatic carbocycles. The molecule has 1 aromatic heterocycles. The Morgan fingerprint density at radius 3 is 2.87 bits per heavy atom. The van der Waals surface area contributed by atoms with E-state index in [4.69, 9.17) is 17.3 Å². The number of halogens is 1. The zero-order chi connectivity index (χ0) is 10.9. The number of nitrogens with one attached hydrogen (secondary N) is 1. The highest BCUT2D eigenvalue weighted by atomic mass is 35.5. The summed E-state index contributed by atoms with van der Waals surface area (Å²) in [5.74, 6) is 0.710. The fourth-order valence-electron chi connectivity index (χ4n) is 1.69. The molecule has 2 rings (SSSR count). The van der Waals surface area contributed by atoms with Crippen LogP contribution < -0.4 is 11.1 Å². The Morgan fingerprint density at radius 1 is 1.53 bits per heavy atom. The van der Waals surface area contributed by atoms with Gasteiger partial charge in [-0.2, -0.15) is 0 Å². The van der Waals surface area contributed by atoms with Gasteiger partial charge in [-0.3, -0.25) is 0 Å². The minimum atomic E-state index is 0.480. The van der Waals surface area contributed by atoms with Gasteiger partial charge in [0.15, 0.2) is 5.82 Å². The number of nitrogens with zero attached hydrogens (tertiary/aromatic N) is 1. The van der Waals surface area contributed by atoms with Crippen molar-refractivity contribution in [2.24, 2.45) is 5.41 Å². The van der Waals surface area contributed by atoms with Gasteiger partial charge >= 0.3 is 0 Å². The second-order valence-electron chi connectivity index (χ2n) is 4.28. The van der Waals surface area contributed by atoms with Crippen molar-refractivity contribution in [3.05, 3.63) is 17.3 Å². The SMILES string of the molecule is CCC1(CNc2nc(Cl)ccc2N)CC1. The van der Waals surface area contributed by atoms with Crippen LogP contribution in [0.3, 0.4) is 0 Å². The smallest absolute Gasteiger partial charge is 0.150 e. The van der Waals surface area contributed by atoms with E-state index in [0.717, 1.165) is 6.54 Å². The zero-order valence-corrected chi connectivity index (χ0v) is 9.64. The molecule has 1 fully saturated rings. The molecule has 0 unspecified atom stereocenters. The van der Waals surface area contributed by atoms with Gasteiger partial charge in [-0.1, -0.05) is 18.5 Å². The van der Waals surface area contributed by atoms with Gasteiger partial charge in [-0.15, -0.1) is 0 Å². The Balaban J connectivity index is 2.01. The Kier molecular flexibility index (Phi) is 2.74. The zero-order valence-electron chi connectivity index (χ0n) is 8.89. The number of pyridine rings is 1. The Labute approximate surface area is 95.0 Å². The maximum atomic E-state index is 5.81. The van der Waals surface area contributed by atoms with Gasteiger partial charge in [0.1, 0.15) is 5.15 Å². The lowest BCUT2D eigenvalue weighted by molar-refractivity contribution is 0.521. The first kappa shape index (κ1) is 10.6. The predicted molar refractivity (Wildman–Crippen MR) is 64.1 cm³/mol. The lowest BCUT2D eigenvalue weighted by atomic mass is 10.0. The highest BCUT2D eigenvalue weighted by Gasteiger charge is 2.40. The number of nitrogen functional groups attached to an aromatic ring is 1. The maximum Gasteiger partial charge on any atom is 0.150 e. The van der Waals surface area contributed by atoms with Gasteiger partial charge in [0, 0.05) is 6.54 Å². The first-order chi connectivity index (χ1) is 7.15. The summed E-state index contributed by atoms with van der Waals surface area (Å²) in [5, 5.41) is 3.77. The second-order valence-corrected chi connectivity index (χ2v) is 4.67. The van der Waals surface area contributed by atoms with Crippen LogP contribution in [0.15, 0.2) is 12.1 Å². The Morgan fingerprint density at radius 2 is 2.27 bits per heavy atom. The minimum absolute atomic E-state index is 0.480. The number of rotatable bonds is 4. The molecule has 4 heteroatoms. The second kappa shape index (κ2) is 3.89. The van der Waals surface area contributed by atoms with Gasteiger partial charge in [-0.05, 0) is 36.8 Å². The maximum absolute atomic E-state index is 5.81. The van der Waals surface area contributed by atoms with Crippen molar-refractivity contribution in [1.82, 2.24) is 4.98 Å². The van der Waals surface area contributed by atoms with E-state index in [1.807, 2.05) is 0 Å². The van der Waals surface area contributed by atoms with Crippen molar-refractivity contribution >= 4 is 23.1 Å². The molecule has 0 radical (unpaired) electrons. The summed E-state index contributed by atoms with van der Waals surface area (Å²) >= 11 is 5.81. The van der Waals surface area contributed by atoms with Crippen LogP contribution in [-0.2, 0) is 0 Å². The van der Waals surface area contributed by atoms with E-state index in [2.05, 4.69) is 17.2 Å². The molecule has 1 saturated carbocycles. The molecule has 0 aromatic carbocycles. The summed E-state index contributed by atoms with van der Waals surface area (Å²) in [5.41, 5.74) is 6.94. The highest BCUT2D eigenvalue weighted by Crippen LogP contribution is 2.48. The monoisotopic (exact) mass is 225 g/mol. The number of aromatic nitrogens is 1. The fraction of sp³-hybridized carbons (Fsp3) is 0.545. The number of anilines is 2.